The SMILES string of the molecule is Cc1ncsc1CCC(=O)N1CCCO[C@H](CN2CCOCC2)C1. The number of rotatable bonds is 5. The molecular formula is C17H27N3O3S. The second-order valence-corrected chi connectivity index (χ2v) is 7.40. The molecule has 0 radical (unpaired) electrons. The van der Waals surface area contributed by atoms with E-state index in [-0.39, 0.29) is 12.0 Å². The molecular weight excluding hydrogens is 326 g/mol. The Hall–Kier alpha value is -1.02. The lowest BCUT2D eigenvalue weighted by molar-refractivity contribution is -0.132. The molecule has 6 nitrogen and oxygen atoms in total. The van der Waals surface area contributed by atoms with Crippen molar-refractivity contribution < 1.29 is 14.3 Å². The molecule has 24 heavy (non-hydrogen) atoms. The Bertz CT molecular complexity index is 531. The minimum atomic E-state index is 0.111. The lowest BCUT2D eigenvalue weighted by atomic mass is 10.2. The third kappa shape index (κ3) is 4.99. The predicted molar refractivity (Wildman–Crippen MR) is 93.4 cm³/mol. The second kappa shape index (κ2) is 8.89. The molecule has 2 saturated heterocycles. The van der Waals surface area contributed by atoms with Crippen LogP contribution in [0.1, 0.15) is 23.4 Å². The van der Waals surface area contributed by atoms with Crippen LogP contribution in [0.2, 0.25) is 0 Å². The van der Waals surface area contributed by atoms with Crippen molar-refractivity contribution in [2.75, 3.05) is 52.5 Å². The van der Waals surface area contributed by atoms with E-state index in [0.29, 0.717) is 13.0 Å². The Kier molecular flexibility index (Phi) is 6.59. The first-order valence-electron chi connectivity index (χ1n) is 8.81. The highest BCUT2D eigenvalue weighted by Gasteiger charge is 2.25. The highest BCUT2D eigenvalue weighted by molar-refractivity contribution is 7.09. The largest absolute Gasteiger partial charge is 0.379 e. The van der Waals surface area contributed by atoms with Crippen molar-refractivity contribution >= 4 is 17.2 Å². The van der Waals surface area contributed by atoms with Gasteiger partial charge in [0.05, 0.1) is 30.5 Å². The summed E-state index contributed by atoms with van der Waals surface area (Å²) in [6.07, 6.45) is 2.39. The first kappa shape index (κ1) is 17.8. The van der Waals surface area contributed by atoms with Crippen LogP contribution >= 0.6 is 11.3 Å². The number of thiazole rings is 1. The molecule has 2 aliphatic rings. The monoisotopic (exact) mass is 353 g/mol. The van der Waals surface area contributed by atoms with Crippen LogP contribution in [0.5, 0.6) is 0 Å². The molecule has 0 bridgehead atoms. The Morgan fingerprint density at radius 2 is 2.17 bits per heavy atom. The van der Waals surface area contributed by atoms with Crippen LogP contribution in [0.25, 0.3) is 0 Å². The maximum absolute atomic E-state index is 12.6. The zero-order valence-corrected chi connectivity index (χ0v) is 15.2. The molecule has 2 aliphatic heterocycles. The Balaban J connectivity index is 1.49. The Morgan fingerprint density at radius 1 is 1.33 bits per heavy atom. The van der Waals surface area contributed by atoms with E-state index in [9.17, 15) is 4.79 Å². The van der Waals surface area contributed by atoms with E-state index in [1.165, 1.54) is 4.88 Å². The number of hydrogen-bond donors (Lipinski definition) is 0. The van der Waals surface area contributed by atoms with Gasteiger partial charge in [0.15, 0.2) is 0 Å². The third-order valence-electron chi connectivity index (χ3n) is 4.68. The fraction of sp³-hybridized carbons (Fsp3) is 0.765. The maximum Gasteiger partial charge on any atom is 0.223 e. The van der Waals surface area contributed by atoms with Gasteiger partial charge in [-0.2, -0.15) is 0 Å². The molecule has 0 aliphatic carbocycles. The van der Waals surface area contributed by atoms with Crippen LogP contribution in [-0.2, 0) is 20.7 Å². The van der Waals surface area contributed by atoms with Gasteiger partial charge >= 0.3 is 0 Å². The molecule has 7 heteroatoms. The number of aromatic nitrogens is 1. The number of hydrogen-bond acceptors (Lipinski definition) is 6. The molecule has 0 saturated carbocycles. The van der Waals surface area contributed by atoms with Gasteiger partial charge in [-0.15, -0.1) is 11.3 Å². The number of carbonyl (C=O) groups excluding carboxylic acids is 1. The minimum absolute atomic E-state index is 0.111. The van der Waals surface area contributed by atoms with Gasteiger partial charge in [-0.3, -0.25) is 9.69 Å². The van der Waals surface area contributed by atoms with Gasteiger partial charge in [0, 0.05) is 50.6 Å². The summed E-state index contributed by atoms with van der Waals surface area (Å²) >= 11 is 1.64. The Morgan fingerprint density at radius 3 is 2.92 bits per heavy atom. The van der Waals surface area contributed by atoms with E-state index in [0.717, 1.165) is 64.5 Å². The summed E-state index contributed by atoms with van der Waals surface area (Å²) in [6.45, 7) is 8.66. The van der Waals surface area contributed by atoms with E-state index in [4.69, 9.17) is 9.47 Å². The van der Waals surface area contributed by atoms with Gasteiger partial charge < -0.3 is 14.4 Å². The van der Waals surface area contributed by atoms with Crippen LogP contribution in [0, 0.1) is 6.92 Å². The van der Waals surface area contributed by atoms with E-state index in [1.807, 2.05) is 17.3 Å². The first-order chi connectivity index (χ1) is 11.7. The van der Waals surface area contributed by atoms with E-state index in [1.54, 1.807) is 11.3 Å². The summed E-state index contributed by atoms with van der Waals surface area (Å²) in [4.78, 5) is 22.5. The van der Waals surface area contributed by atoms with E-state index < -0.39 is 0 Å². The van der Waals surface area contributed by atoms with Crippen LogP contribution in [0.3, 0.4) is 0 Å². The smallest absolute Gasteiger partial charge is 0.223 e. The topological polar surface area (TPSA) is 54.9 Å². The summed E-state index contributed by atoms with van der Waals surface area (Å²) in [5, 5.41) is 0. The molecule has 3 heterocycles. The van der Waals surface area contributed by atoms with Crippen molar-refractivity contribution in [1.29, 1.82) is 0 Å². The molecule has 0 spiro atoms. The summed E-state index contributed by atoms with van der Waals surface area (Å²) in [6, 6.07) is 0. The predicted octanol–water partition coefficient (Wildman–Crippen LogP) is 1.33. The molecule has 2 fully saturated rings. The number of carbonyl (C=O) groups is 1. The molecule has 134 valence electrons. The number of nitrogens with zero attached hydrogens (tertiary/aromatic N) is 3. The fourth-order valence-corrected chi connectivity index (χ4v) is 4.03. The normalized spacial score (nSPS) is 23.2. The van der Waals surface area contributed by atoms with Gasteiger partial charge in [-0.05, 0) is 19.8 Å². The number of ether oxygens (including phenoxy) is 2. The van der Waals surface area contributed by atoms with Crippen molar-refractivity contribution in [1.82, 2.24) is 14.8 Å². The highest BCUT2D eigenvalue weighted by atomic mass is 32.1. The number of morpholine rings is 1. The average molecular weight is 353 g/mol. The van der Waals surface area contributed by atoms with E-state index >= 15 is 0 Å². The van der Waals surface area contributed by atoms with Crippen molar-refractivity contribution in [2.24, 2.45) is 0 Å². The van der Waals surface area contributed by atoms with Crippen molar-refractivity contribution in [3.05, 3.63) is 16.1 Å². The van der Waals surface area contributed by atoms with Crippen LogP contribution in [0.15, 0.2) is 5.51 Å². The van der Waals surface area contributed by atoms with Crippen LogP contribution in [0.4, 0.5) is 0 Å². The summed E-state index contributed by atoms with van der Waals surface area (Å²) in [5.41, 5.74) is 2.91. The lowest BCUT2D eigenvalue weighted by Gasteiger charge is -2.31. The fourth-order valence-electron chi connectivity index (χ4n) is 3.25. The molecule has 1 aromatic heterocycles. The number of aryl methyl sites for hydroxylation is 2. The first-order valence-corrected chi connectivity index (χ1v) is 9.69. The van der Waals surface area contributed by atoms with Gasteiger partial charge in [0.2, 0.25) is 5.91 Å². The minimum Gasteiger partial charge on any atom is -0.379 e. The number of amides is 1. The molecule has 1 aromatic rings. The van der Waals surface area contributed by atoms with Crippen molar-refractivity contribution in [3.63, 3.8) is 0 Å². The van der Waals surface area contributed by atoms with Gasteiger partial charge in [-0.1, -0.05) is 0 Å². The second-order valence-electron chi connectivity index (χ2n) is 6.46. The molecule has 0 aromatic carbocycles. The van der Waals surface area contributed by atoms with Crippen molar-refractivity contribution in [2.45, 2.75) is 32.3 Å². The zero-order valence-electron chi connectivity index (χ0n) is 14.4. The highest BCUT2D eigenvalue weighted by Crippen LogP contribution is 2.16. The molecule has 1 atom stereocenters. The third-order valence-corrected chi connectivity index (χ3v) is 5.67. The van der Waals surface area contributed by atoms with Crippen LogP contribution < -0.4 is 0 Å². The van der Waals surface area contributed by atoms with E-state index in [2.05, 4.69) is 9.88 Å². The summed E-state index contributed by atoms with van der Waals surface area (Å²) in [7, 11) is 0. The summed E-state index contributed by atoms with van der Waals surface area (Å²) < 4.78 is 11.4. The molecule has 3 rings (SSSR count). The van der Waals surface area contributed by atoms with Gasteiger partial charge in [-0.25, -0.2) is 4.98 Å². The molecule has 0 unspecified atom stereocenters. The Labute approximate surface area is 147 Å². The van der Waals surface area contributed by atoms with Crippen LogP contribution in [-0.4, -0.2) is 79.3 Å². The zero-order chi connectivity index (χ0) is 16.8. The molecule has 0 N–H and O–H groups in total. The van der Waals surface area contributed by atoms with Gasteiger partial charge in [0.1, 0.15) is 0 Å². The average Bonchev–Trinajstić information content (AvgIpc) is 2.86. The summed E-state index contributed by atoms with van der Waals surface area (Å²) in [5.74, 6) is 0.236. The maximum atomic E-state index is 12.6. The van der Waals surface area contributed by atoms with Crippen molar-refractivity contribution in [3.8, 4) is 0 Å². The lowest BCUT2D eigenvalue weighted by Crippen LogP contribution is -2.45. The quantitative estimate of drug-likeness (QED) is 0.799. The standard InChI is InChI=1S/C17H27N3O3S/c1-14-16(24-13-18-14)3-4-17(21)20-5-2-8-23-15(12-20)11-19-6-9-22-10-7-19/h13,15H,2-12H2,1H3/t15-/m1/s1. The molecule has 1 amide bonds. The van der Waals surface area contributed by atoms with Gasteiger partial charge in [0.25, 0.3) is 0 Å².